The van der Waals surface area contributed by atoms with Crippen molar-refractivity contribution in [3.05, 3.63) is 63.7 Å². The molecule has 1 N–H and O–H groups in total. The number of carbonyl (C=O) groups excluding carboxylic acids is 1. The van der Waals surface area contributed by atoms with Gasteiger partial charge in [0.2, 0.25) is 10.0 Å². The fourth-order valence-corrected chi connectivity index (χ4v) is 5.33. The smallest absolute Gasteiger partial charge is 0.251 e. The number of aryl methyl sites for hydroxylation is 1. The number of hydrogen-bond donors (Lipinski definition) is 1. The summed E-state index contributed by atoms with van der Waals surface area (Å²) in [6.07, 6.45) is 1.53. The van der Waals surface area contributed by atoms with E-state index in [1.807, 2.05) is 31.2 Å². The van der Waals surface area contributed by atoms with E-state index >= 15 is 0 Å². The van der Waals surface area contributed by atoms with Gasteiger partial charge >= 0.3 is 0 Å². The fourth-order valence-electron chi connectivity index (χ4n) is 3.92. The van der Waals surface area contributed by atoms with Crippen LogP contribution in [0.25, 0.3) is 0 Å². The lowest BCUT2D eigenvalue weighted by atomic mass is 9.74. The van der Waals surface area contributed by atoms with Crippen LogP contribution in [0, 0.1) is 13.8 Å². The molecule has 1 fully saturated rings. The number of rotatable bonds is 6. The van der Waals surface area contributed by atoms with E-state index in [1.54, 1.807) is 13.0 Å². The highest BCUT2D eigenvalue weighted by Gasteiger charge is 2.35. The lowest BCUT2D eigenvalue weighted by molar-refractivity contribution is 0.0487. The van der Waals surface area contributed by atoms with Crippen LogP contribution < -0.4 is 5.32 Å². The molecule has 0 saturated carbocycles. The third-order valence-corrected chi connectivity index (χ3v) is 8.29. The van der Waals surface area contributed by atoms with Crippen LogP contribution in [0.2, 0.25) is 5.02 Å². The predicted octanol–water partition coefficient (Wildman–Crippen LogP) is 3.69. The van der Waals surface area contributed by atoms with Crippen molar-refractivity contribution < 1.29 is 17.9 Å². The van der Waals surface area contributed by atoms with Crippen LogP contribution in [0.1, 0.15) is 39.9 Å². The molecule has 6 nitrogen and oxygen atoms in total. The summed E-state index contributed by atoms with van der Waals surface area (Å²) >= 11 is 6.22. The highest BCUT2D eigenvalue weighted by Crippen LogP contribution is 2.35. The van der Waals surface area contributed by atoms with Crippen LogP contribution in [-0.2, 0) is 20.2 Å². The first-order valence-electron chi connectivity index (χ1n) is 10.2. The van der Waals surface area contributed by atoms with Gasteiger partial charge in [0.25, 0.3) is 5.91 Å². The summed E-state index contributed by atoms with van der Waals surface area (Å²) in [6.45, 7) is 5.20. The van der Waals surface area contributed by atoms with Gasteiger partial charge in [-0.2, -0.15) is 0 Å². The van der Waals surface area contributed by atoms with Gasteiger partial charge in [-0.05, 0) is 67.6 Å². The molecular formula is C23H29ClN2O4S. The normalized spacial score (nSPS) is 16.3. The average Bonchev–Trinajstić information content (AvgIpc) is 2.74. The molecule has 1 aliphatic heterocycles. The Morgan fingerprint density at radius 1 is 1.16 bits per heavy atom. The Morgan fingerprint density at radius 2 is 1.84 bits per heavy atom. The van der Waals surface area contributed by atoms with Crippen LogP contribution in [-0.4, -0.2) is 52.5 Å². The van der Waals surface area contributed by atoms with Crippen molar-refractivity contribution in [2.24, 2.45) is 0 Å². The van der Waals surface area contributed by atoms with E-state index < -0.39 is 10.0 Å². The molecule has 1 aliphatic rings. The maximum Gasteiger partial charge on any atom is 0.251 e. The first-order chi connectivity index (χ1) is 14.6. The largest absolute Gasteiger partial charge is 0.381 e. The zero-order chi connectivity index (χ0) is 22.8. The van der Waals surface area contributed by atoms with Gasteiger partial charge < -0.3 is 10.1 Å². The van der Waals surface area contributed by atoms with Gasteiger partial charge in [-0.25, -0.2) is 12.7 Å². The minimum absolute atomic E-state index is 0.151. The molecule has 8 heteroatoms. The van der Waals surface area contributed by atoms with Crippen molar-refractivity contribution in [1.29, 1.82) is 0 Å². The second-order valence-electron chi connectivity index (χ2n) is 8.29. The van der Waals surface area contributed by atoms with E-state index in [9.17, 15) is 13.2 Å². The number of nitrogens with zero attached hydrogens (tertiary/aromatic N) is 1. The summed E-state index contributed by atoms with van der Waals surface area (Å²) in [4.78, 5) is 13.2. The highest BCUT2D eigenvalue weighted by atomic mass is 35.5. The molecule has 0 spiro atoms. The van der Waals surface area contributed by atoms with E-state index in [0.29, 0.717) is 35.9 Å². The first-order valence-corrected chi connectivity index (χ1v) is 12.0. The fraction of sp³-hybridized carbons (Fsp3) is 0.435. The van der Waals surface area contributed by atoms with E-state index in [2.05, 4.69) is 5.32 Å². The van der Waals surface area contributed by atoms with Crippen molar-refractivity contribution in [2.75, 3.05) is 33.9 Å². The highest BCUT2D eigenvalue weighted by molar-refractivity contribution is 7.89. The summed E-state index contributed by atoms with van der Waals surface area (Å²) in [7, 11) is -0.693. The second-order valence-corrected chi connectivity index (χ2v) is 10.8. The van der Waals surface area contributed by atoms with Crippen LogP contribution >= 0.6 is 11.6 Å². The molecule has 31 heavy (non-hydrogen) atoms. The Kier molecular flexibility index (Phi) is 7.11. The zero-order valence-corrected chi connectivity index (χ0v) is 19.9. The minimum atomic E-state index is -3.66. The molecule has 168 valence electrons. The van der Waals surface area contributed by atoms with E-state index in [1.165, 1.54) is 20.2 Å². The molecule has 2 aromatic carbocycles. The van der Waals surface area contributed by atoms with Gasteiger partial charge in [-0.15, -0.1) is 0 Å². The van der Waals surface area contributed by atoms with E-state index in [-0.39, 0.29) is 16.2 Å². The van der Waals surface area contributed by atoms with Crippen molar-refractivity contribution >= 4 is 27.5 Å². The summed E-state index contributed by atoms with van der Waals surface area (Å²) in [5.74, 6) is -0.300. The standard InChI is InChI=1S/C23H29ClN2O4S/c1-16-12-18(13-21(17(16)2)31(28,29)26(3)4)22(27)25-15-23(8-10-30-11-9-23)19-6-5-7-20(24)14-19/h5-7,12-14H,8-11,15H2,1-4H3,(H,25,27). The Labute approximate surface area is 189 Å². The number of carbonyl (C=O) groups is 1. The number of sulfonamides is 1. The zero-order valence-electron chi connectivity index (χ0n) is 18.4. The Morgan fingerprint density at radius 3 is 2.45 bits per heavy atom. The monoisotopic (exact) mass is 464 g/mol. The molecule has 1 amide bonds. The topological polar surface area (TPSA) is 75.7 Å². The first kappa shape index (κ1) is 23.7. The molecule has 0 bridgehead atoms. The maximum atomic E-state index is 13.1. The number of amides is 1. The summed E-state index contributed by atoms with van der Waals surface area (Å²) < 4.78 is 32.2. The number of benzene rings is 2. The molecule has 0 radical (unpaired) electrons. The van der Waals surface area contributed by atoms with Crippen molar-refractivity contribution in [1.82, 2.24) is 9.62 Å². The summed E-state index contributed by atoms with van der Waals surface area (Å²) in [6, 6.07) is 10.9. The van der Waals surface area contributed by atoms with Crippen molar-refractivity contribution in [3.63, 3.8) is 0 Å². The molecule has 0 unspecified atom stereocenters. The SMILES string of the molecule is Cc1cc(C(=O)NCC2(c3cccc(Cl)c3)CCOCC2)cc(S(=O)(=O)N(C)C)c1C. The Balaban J connectivity index is 1.89. The third-order valence-electron chi connectivity index (χ3n) is 6.11. The van der Waals surface area contributed by atoms with Crippen LogP contribution in [0.15, 0.2) is 41.3 Å². The van der Waals surface area contributed by atoms with Crippen molar-refractivity contribution in [3.8, 4) is 0 Å². The van der Waals surface area contributed by atoms with Crippen LogP contribution in [0.4, 0.5) is 0 Å². The van der Waals surface area contributed by atoms with Gasteiger partial charge in [-0.3, -0.25) is 4.79 Å². The van der Waals surface area contributed by atoms with Gasteiger partial charge in [-0.1, -0.05) is 23.7 Å². The lowest BCUT2D eigenvalue weighted by Gasteiger charge is -2.38. The molecule has 1 heterocycles. The summed E-state index contributed by atoms with van der Waals surface area (Å²) in [5, 5.41) is 3.69. The maximum absolute atomic E-state index is 13.1. The number of ether oxygens (including phenoxy) is 1. The van der Waals surface area contributed by atoms with Gasteiger partial charge in [0.1, 0.15) is 0 Å². The molecular weight excluding hydrogens is 436 g/mol. The minimum Gasteiger partial charge on any atom is -0.381 e. The number of nitrogens with one attached hydrogen (secondary N) is 1. The lowest BCUT2D eigenvalue weighted by Crippen LogP contribution is -2.44. The molecule has 2 aromatic rings. The van der Waals surface area contributed by atoms with Crippen LogP contribution in [0.3, 0.4) is 0 Å². The Bertz CT molecular complexity index is 1080. The molecule has 3 rings (SSSR count). The third kappa shape index (κ3) is 4.95. The molecule has 0 aliphatic carbocycles. The molecule has 0 atom stereocenters. The van der Waals surface area contributed by atoms with Gasteiger partial charge in [0.15, 0.2) is 0 Å². The van der Waals surface area contributed by atoms with E-state index in [0.717, 1.165) is 28.3 Å². The molecule has 0 aromatic heterocycles. The van der Waals surface area contributed by atoms with Crippen molar-refractivity contribution in [2.45, 2.75) is 37.0 Å². The quantitative estimate of drug-likeness (QED) is 0.707. The number of halogens is 1. The average molecular weight is 465 g/mol. The van der Waals surface area contributed by atoms with Crippen LogP contribution in [0.5, 0.6) is 0 Å². The number of hydrogen-bond acceptors (Lipinski definition) is 4. The second kappa shape index (κ2) is 9.28. The van der Waals surface area contributed by atoms with E-state index in [4.69, 9.17) is 16.3 Å². The van der Waals surface area contributed by atoms with Gasteiger partial charge in [0.05, 0.1) is 4.90 Å². The van der Waals surface area contributed by atoms with Gasteiger partial charge in [0, 0.05) is 49.9 Å². The predicted molar refractivity (Wildman–Crippen MR) is 122 cm³/mol. The molecule has 1 saturated heterocycles. The summed E-state index contributed by atoms with van der Waals surface area (Å²) in [5.41, 5.74) is 2.52. The Hall–Kier alpha value is -1.93.